The quantitative estimate of drug-likeness (QED) is 0.685. The molecule has 7 heteroatoms. The van der Waals surface area contributed by atoms with Crippen molar-refractivity contribution in [1.82, 2.24) is 9.21 Å². The van der Waals surface area contributed by atoms with Gasteiger partial charge in [0.1, 0.15) is 0 Å². The van der Waals surface area contributed by atoms with Crippen molar-refractivity contribution in [2.45, 2.75) is 25.3 Å². The lowest BCUT2D eigenvalue weighted by Crippen LogP contribution is -2.44. The first-order valence-electron chi connectivity index (χ1n) is 6.66. The summed E-state index contributed by atoms with van der Waals surface area (Å²) in [5.74, 6) is 0.301. The zero-order chi connectivity index (χ0) is 14.0. The van der Waals surface area contributed by atoms with Crippen LogP contribution in [0, 0.1) is 5.92 Å². The third kappa shape index (κ3) is 4.15. The summed E-state index contributed by atoms with van der Waals surface area (Å²) >= 11 is 0. The van der Waals surface area contributed by atoms with E-state index in [2.05, 4.69) is 0 Å². The van der Waals surface area contributed by atoms with Gasteiger partial charge in [-0.3, -0.25) is 4.79 Å². The van der Waals surface area contributed by atoms with Crippen molar-refractivity contribution in [3.63, 3.8) is 0 Å². The maximum atomic E-state index is 12.2. The molecule has 0 bridgehead atoms. The number of carbonyl (C=O) groups excluding carboxylic acids is 1. The number of likely N-dealkylation sites (N-methyl/N-ethyl adjacent to an activating group) is 1. The van der Waals surface area contributed by atoms with Gasteiger partial charge in [0.2, 0.25) is 15.9 Å². The van der Waals surface area contributed by atoms with Crippen LogP contribution in [0.1, 0.15) is 19.3 Å². The monoisotopic (exact) mass is 290 g/mol. The molecule has 1 amide bonds. The van der Waals surface area contributed by atoms with E-state index in [4.69, 9.17) is 4.74 Å². The van der Waals surface area contributed by atoms with Crippen LogP contribution in [0.15, 0.2) is 0 Å². The van der Waals surface area contributed by atoms with Crippen molar-refractivity contribution in [3.05, 3.63) is 0 Å². The highest BCUT2D eigenvalue weighted by molar-refractivity contribution is 7.88. The number of nitrogens with zero attached hydrogens (tertiary/aromatic N) is 2. The normalized spacial score (nSPS) is 23.8. The molecule has 1 atom stereocenters. The van der Waals surface area contributed by atoms with Crippen LogP contribution >= 0.6 is 0 Å². The first-order chi connectivity index (χ1) is 8.88. The van der Waals surface area contributed by atoms with Crippen LogP contribution in [0.25, 0.3) is 0 Å². The first kappa shape index (κ1) is 14.7. The molecule has 0 aromatic heterocycles. The Kier molecular flexibility index (Phi) is 4.47. The molecule has 110 valence electrons. The van der Waals surface area contributed by atoms with Crippen molar-refractivity contribution >= 4 is 15.9 Å². The van der Waals surface area contributed by atoms with E-state index in [0.29, 0.717) is 25.1 Å². The minimum Gasteiger partial charge on any atom is -0.381 e. The summed E-state index contributed by atoms with van der Waals surface area (Å²) in [6.07, 6.45) is 4.16. The van der Waals surface area contributed by atoms with Crippen LogP contribution in [0.3, 0.4) is 0 Å². The molecule has 1 unspecified atom stereocenters. The minimum atomic E-state index is -3.30. The van der Waals surface area contributed by atoms with Gasteiger partial charge in [0.25, 0.3) is 0 Å². The van der Waals surface area contributed by atoms with Crippen molar-refractivity contribution in [1.29, 1.82) is 0 Å². The second kappa shape index (κ2) is 5.76. The van der Waals surface area contributed by atoms with Crippen molar-refractivity contribution in [2.75, 3.05) is 39.6 Å². The first-order valence-corrected chi connectivity index (χ1v) is 8.51. The molecule has 1 saturated heterocycles. The van der Waals surface area contributed by atoms with Gasteiger partial charge in [0, 0.05) is 32.2 Å². The van der Waals surface area contributed by atoms with Gasteiger partial charge in [-0.2, -0.15) is 4.31 Å². The van der Waals surface area contributed by atoms with Crippen LogP contribution in [-0.2, 0) is 19.6 Å². The summed E-state index contributed by atoms with van der Waals surface area (Å²) in [4.78, 5) is 14.1. The van der Waals surface area contributed by atoms with Gasteiger partial charge in [0.15, 0.2) is 0 Å². The summed E-state index contributed by atoms with van der Waals surface area (Å²) in [6, 6.07) is 0.307. The highest BCUT2D eigenvalue weighted by Gasteiger charge is 2.35. The molecule has 19 heavy (non-hydrogen) atoms. The Morgan fingerprint density at radius 1 is 1.32 bits per heavy atom. The van der Waals surface area contributed by atoms with Crippen molar-refractivity contribution in [2.24, 2.45) is 5.92 Å². The summed E-state index contributed by atoms with van der Waals surface area (Å²) in [5.41, 5.74) is 0. The largest absolute Gasteiger partial charge is 0.381 e. The second-order valence-corrected chi connectivity index (χ2v) is 7.62. The molecular weight excluding hydrogens is 268 g/mol. The third-order valence-corrected chi connectivity index (χ3v) is 4.97. The lowest BCUT2D eigenvalue weighted by molar-refractivity contribution is -0.132. The number of ether oxygens (including phenoxy) is 1. The minimum absolute atomic E-state index is 0.0666. The van der Waals surface area contributed by atoms with Gasteiger partial charge >= 0.3 is 0 Å². The molecule has 2 fully saturated rings. The summed E-state index contributed by atoms with van der Waals surface area (Å²) in [5, 5.41) is 0. The Bertz CT molecular complexity index is 427. The molecule has 0 radical (unpaired) electrons. The maximum Gasteiger partial charge on any atom is 0.238 e. The Hall–Kier alpha value is -0.660. The highest BCUT2D eigenvalue weighted by Crippen LogP contribution is 2.29. The molecule has 1 heterocycles. The van der Waals surface area contributed by atoms with Gasteiger partial charge in [-0.1, -0.05) is 0 Å². The van der Waals surface area contributed by atoms with Crippen LogP contribution in [-0.4, -0.2) is 69.2 Å². The van der Waals surface area contributed by atoms with E-state index >= 15 is 0 Å². The van der Waals surface area contributed by atoms with Gasteiger partial charge in [-0.05, 0) is 19.3 Å². The summed E-state index contributed by atoms with van der Waals surface area (Å²) in [7, 11) is -1.86. The summed E-state index contributed by atoms with van der Waals surface area (Å²) < 4.78 is 29.1. The number of rotatable bonds is 6. The fourth-order valence-corrected chi connectivity index (χ4v) is 2.59. The molecule has 2 aliphatic rings. The molecular formula is C12H22N2O4S. The average Bonchev–Trinajstić information content (AvgIpc) is 3.02. The Balaban J connectivity index is 1.92. The molecule has 1 saturated carbocycles. The van der Waals surface area contributed by atoms with E-state index in [1.54, 1.807) is 0 Å². The highest BCUT2D eigenvalue weighted by atomic mass is 32.2. The molecule has 1 aliphatic carbocycles. The Morgan fingerprint density at radius 2 is 2.00 bits per heavy atom. The number of sulfonamides is 1. The average molecular weight is 290 g/mol. The summed E-state index contributed by atoms with van der Waals surface area (Å²) in [6.45, 7) is 2.10. The lowest BCUT2D eigenvalue weighted by atomic mass is 10.1. The number of hydrogen-bond donors (Lipinski definition) is 0. The Morgan fingerprint density at radius 3 is 2.47 bits per heavy atom. The van der Waals surface area contributed by atoms with E-state index in [1.165, 1.54) is 7.05 Å². The van der Waals surface area contributed by atoms with Crippen LogP contribution in [0.2, 0.25) is 0 Å². The lowest BCUT2D eigenvalue weighted by Gasteiger charge is -2.27. The molecule has 0 aromatic rings. The number of carbonyl (C=O) groups is 1. The van der Waals surface area contributed by atoms with Crippen molar-refractivity contribution in [3.8, 4) is 0 Å². The van der Waals surface area contributed by atoms with Crippen LogP contribution in [0.5, 0.6) is 0 Å². The van der Waals surface area contributed by atoms with E-state index in [0.717, 1.165) is 36.4 Å². The number of hydrogen-bond acceptors (Lipinski definition) is 4. The zero-order valence-corrected chi connectivity index (χ0v) is 12.4. The topological polar surface area (TPSA) is 66.9 Å². The van der Waals surface area contributed by atoms with Gasteiger partial charge in [-0.25, -0.2) is 8.42 Å². The molecule has 0 spiro atoms. The predicted octanol–water partition coefficient (Wildman–Crippen LogP) is -0.0947. The van der Waals surface area contributed by atoms with Gasteiger partial charge in [-0.15, -0.1) is 0 Å². The fourth-order valence-electron chi connectivity index (χ4n) is 2.24. The third-order valence-electron chi connectivity index (χ3n) is 3.71. The number of amides is 1. The zero-order valence-electron chi connectivity index (χ0n) is 11.5. The molecule has 2 rings (SSSR count). The van der Waals surface area contributed by atoms with E-state index in [9.17, 15) is 13.2 Å². The SMILES string of the molecule is CN(CC(=O)N(CC1CCOC1)C1CC1)S(C)(=O)=O. The maximum absolute atomic E-state index is 12.2. The van der Waals surface area contributed by atoms with E-state index < -0.39 is 10.0 Å². The van der Waals surface area contributed by atoms with E-state index in [1.807, 2.05) is 4.90 Å². The molecule has 0 aromatic carbocycles. The Labute approximate surface area is 114 Å². The fraction of sp³-hybridized carbons (Fsp3) is 0.917. The predicted molar refractivity (Wildman–Crippen MR) is 71.1 cm³/mol. The van der Waals surface area contributed by atoms with Crippen molar-refractivity contribution < 1.29 is 17.9 Å². The molecule has 1 aliphatic heterocycles. The van der Waals surface area contributed by atoms with Gasteiger partial charge in [0.05, 0.1) is 19.4 Å². The smallest absolute Gasteiger partial charge is 0.238 e. The van der Waals surface area contributed by atoms with Crippen LogP contribution in [0.4, 0.5) is 0 Å². The molecule has 0 N–H and O–H groups in total. The van der Waals surface area contributed by atoms with Crippen LogP contribution < -0.4 is 0 Å². The van der Waals surface area contributed by atoms with Gasteiger partial charge < -0.3 is 9.64 Å². The van der Waals surface area contributed by atoms with E-state index in [-0.39, 0.29) is 12.5 Å². The second-order valence-electron chi connectivity index (χ2n) is 5.53. The standard InChI is InChI=1S/C12H22N2O4S/c1-13(19(2,16)17)8-12(15)14(11-3-4-11)7-10-5-6-18-9-10/h10-11H,3-9H2,1-2H3. The molecule has 6 nitrogen and oxygen atoms in total.